The van der Waals surface area contributed by atoms with Gasteiger partial charge in [0.25, 0.3) is 0 Å². The molecule has 0 aliphatic carbocycles. The molecule has 0 unspecified atom stereocenters. The van der Waals surface area contributed by atoms with Crippen molar-refractivity contribution in [2.45, 2.75) is 32.7 Å². The zero-order valence-electron chi connectivity index (χ0n) is 12.3. The zero-order valence-corrected chi connectivity index (χ0v) is 12.3. The lowest BCUT2D eigenvalue weighted by atomic mass is 10.0. The monoisotopic (exact) mass is 270 g/mol. The highest BCUT2D eigenvalue weighted by Gasteiger charge is 2.19. The molecule has 1 saturated heterocycles. The van der Waals surface area contributed by atoms with Gasteiger partial charge in [-0.1, -0.05) is 18.2 Å². The lowest BCUT2D eigenvalue weighted by Gasteiger charge is -2.32. The van der Waals surface area contributed by atoms with Gasteiger partial charge in [-0.05, 0) is 38.3 Å². The van der Waals surface area contributed by atoms with Crippen LogP contribution in [0, 0.1) is 18.3 Å². The first-order chi connectivity index (χ1) is 9.58. The summed E-state index contributed by atoms with van der Waals surface area (Å²) in [7, 11) is 0. The van der Waals surface area contributed by atoms with Crippen LogP contribution in [-0.2, 0) is 0 Å². The quantitative estimate of drug-likeness (QED) is 0.855. The Bertz CT molecular complexity index is 522. The molecule has 0 atom stereocenters. The molecule has 106 valence electrons. The number of anilines is 1. The Morgan fingerprint density at radius 3 is 2.80 bits per heavy atom. The molecule has 1 aromatic rings. The highest BCUT2D eigenvalue weighted by atomic mass is 15.1. The molecule has 0 amide bonds. The molecule has 1 aliphatic rings. The molecule has 1 aliphatic heterocycles. The van der Waals surface area contributed by atoms with E-state index in [0.717, 1.165) is 43.9 Å². The first kappa shape index (κ1) is 14.5. The first-order valence-electron chi connectivity index (χ1n) is 7.09. The molecule has 2 rings (SSSR count). The van der Waals surface area contributed by atoms with Gasteiger partial charge >= 0.3 is 0 Å². The standard InChI is InChI=1S/C16H22N4/c1-12(2)11-20-8-6-14(7-9-20)18-16-5-4-13(3)15(10-17)19-16/h4-5,14H,1,6-9,11H2,2-3H3,(H,18,19). The van der Waals surface area contributed by atoms with Crippen molar-refractivity contribution < 1.29 is 0 Å². The van der Waals surface area contributed by atoms with Crippen LogP contribution >= 0.6 is 0 Å². The van der Waals surface area contributed by atoms with Crippen molar-refractivity contribution in [2.24, 2.45) is 0 Å². The summed E-state index contributed by atoms with van der Waals surface area (Å²) in [6, 6.07) is 6.48. The topological polar surface area (TPSA) is 52.0 Å². The molecule has 0 spiro atoms. The summed E-state index contributed by atoms with van der Waals surface area (Å²) < 4.78 is 0. The molecule has 0 bridgehead atoms. The van der Waals surface area contributed by atoms with E-state index >= 15 is 0 Å². The lowest BCUT2D eigenvalue weighted by molar-refractivity contribution is 0.235. The van der Waals surface area contributed by atoms with E-state index in [4.69, 9.17) is 5.26 Å². The number of nitrogens with zero attached hydrogens (tertiary/aromatic N) is 3. The maximum absolute atomic E-state index is 9.01. The molecule has 4 heteroatoms. The number of rotatable bonds is 4. The summed E-state index contributed by atoms with van der Waals surface area (Å²) in [5.74, 6) is 0.811. The molecular weight excluding hydrogens is 248 g/mol. The van der Waals surface area contributed by atoms with Crippen molar-refractivity contribution in [1.82, 2.24) is 9.88 Å². The zero-order chi connectivity index (χ0) is 14.5. The van der Waals surface area contributed by atoms with E-state index < -0.39 is 0 Å². The van der Waals surface area contributed by atoms with Crippen molar-refractivity contribution in [3.05, 3.63) is 35.5 Å². The number of nitriles is 1. The highest BCUT2D eigenvalue weighted by Crippen LogP contribution is 2.17. The Morgan fingerprint density at radius 2 is 2.20 bits per heavy atom. The summed E-state index contributed by atoms with van der Waals surface area (Å²) in [5, 5.41) is 12.5. The Morgan fingerprint density at radius 1 is 1.50 bits per heavy atom. The Hall–Kier alpha value is -1.86. The SMILES string of the molecule is C=C(C)CN1CCC(Nc2ccc(C)c(C#N)n2)CC1. The van der Waals surface area contributed by atoms with Crippen molar-refractivity contribution in [3.63, 3.8) is 0 Å². The van der Waals surface area contributed by atoms with Crippen LogP contribution in [0.3, 0.4) is 0 Å². The number of pyridine rings is 1. The minimum Gasteiger partial charge on any atom is -0.367 e. The highest BCUT2D eigenvalue weighted by molar-refractivity contribution is 5.43. The third kappa shape index (κ3) is 3.82. The van der Waals surface area contributed by atoms with Gasteiger partial charge in [-0.25, -0.2) is 4.98 Å². The van der Waals surface area contributed by atoms with Crippen LogP contribution in [0.2, 0.25) is 0 Å². The van der Waals surface area contributed by atoms with Crippen molar-refractivity contribution in [2.75, 3.05) is 25.0 Å². The van der Waals surface area contributed by atoms with Gasteiger partial charge in [0, 0.05) is 25.7 Å². The average Bonchev–Trinajstić information content (AvgIpc) is 2.42. The van der Waals surface area contributed by atoms with Crippen LogP contribution in [0.25, 0.3) is 0 Å². The van der Waals surface area contributed by atoms with E-state index in [9.17, 15) is 0 Å². The maximum atomic E-state index is 9.01. The summed E-state index contributed by atoms with van der Waals surface area (Å²) in [4.78, 5) is 6.79. The smallest absolute Gasteiger partial charge is 0.145 e. The van der Waals surface area contributed by atoms with E-state index in [0.29, 0.717) is 11.7 Å². The predicted molar refractivity (Wildman–Crippen MR) is 81.6 cm³/mol. The van der Waals surface area contributed by atoms with Gasteiger partial charge in [0.05, 0.1) is 0 Å². The normalized spacial score (nSPS) is 16.6. The molecule has 4 nitrogen and oxygen atoms in total. The molecule has 1 aromatic heterocycles. The van der Waals surface area contributed by atoms with Gasteiger partial charge in [-0.2, -0.15) is 5.26 Å². The fraction of sp³-hybridized carbons (Fsp3) is 0.500. The fourth-order valence-electron chi connectivity index (χ4n) is 2.55. The molecular formula is C16H22N4. The minimum atomic E-state index is 0.443. The Kier molecular flexibility index (Phi) is 4.75. The molecule has 0 aromatic carbocycles. The van der Waals surface area contributed by atoms with Crippen molar-refractivity contribution in [3.8, 4) is 6.07 Å². The van der Waals surface area contributed by atoms with Gasteiger partial charge < -0.3 is 5.32 Å². The van der Waals surface area contributed by atoms with E-state index in [1.807, 2.05) is 19.1 Å². The van der Waals surface area contributed by atoms with Crippen molar-refractivity contribution >= 4 is 5.82 Å². The van der Waals surface area contributed by atoms with E-state index in [2.05, 4.69) is 34.8 Å². The number of aryl methyl sites for hydroxylation is 1. The van der Waals surface area contributed by atoms with Gasteiger partial charge in [0.15, 0.2) is 0 Å². The second kappa shape index (κ2) is 6.53. The van der Waals surface area contributed by atoms with Crippen molar-refractivity contribution in [1.29, 1.82) is 5.26 Å². The van der Waals surface area contributed by atoms with Gasteiger partial charge in [-0.15, -0.1) is 0 Å². The second-order valence-corrected chi connectivity index (χ2v) is 5.63. The largest absolute Gasteiger partial charge is 0.367 e. The third-order valence-corrected chi connectivity index (χ3v) is 3.64. The van der Waals surface area contributed by atoms with Crippen LogP contribution in [0.4, 0.5) is 5.82 Å². The second-order valence-electron chi connectivity index (χ2n) is 5.63. The molecule has 0 saturated carbocycles. The predicted octanol–water partition coefficient (Wildman–Crippen LogP) is 2.71. The Labute approximate surface area is 121 Å². The lowest BCUT2D eigenvalue weighted by Crippen LogP contribution is -2.39. The third-order valence-electron chi connectivity index (χ3n) is 3.64. The summed E-state index contributed by atoms with van der Waals surface area (Å²) >= 11 is 0. The van der Waals surface area contributed by atoms with E-state index in [-0.39, 0.29) is 0 Å². The Balaban J connectivity index is 1.90. The van der Waals surface area contributed by atoms with E-state index in [1.165, 1.54) is 5.57 Å². The number of hydrogen-bond acceptors (Lipinski definition) is 4. The van der Waals surface area contributed by atoms with Crippen LogP contribution < -0.4 is 5.32 Å². The number of hydrogen-bond donors (Lipinski definition) is 1. The number of likely N-dealkylation sites (tertiary alicyclic amines) is 1. The van der Waals surface area contributed by atoms with Crippen LogP contribution in [0.1, 0.15) is 31.0 Å². The fourth-order valence-corrected chi connectivity index (χ4v) is 2.55. The first-order valence-corrected chi connectivity index (χ1v) is 7.09. The van der Waals surface area contributed by atoms with Crippen LogP contribution in [-0.4, -0.2) is 35.6 Å². The van der Waals surface area contributed by atoms with Gasteiger partial charge in [0.1, 0.15) is 17.6 Å². The van der Waals surface area contributed by atoms with Crippen LogP contribution in [0.15, 0.2) is 24.3 Å². The molecule has 20 heavy (non-hydrogen) atoms. The summed E-state index contributed by atoms with van der Waals surface area (Å²) in [5.41, 5.74) is 2.65. The van der Waals surface area contributed by atoms with E-state index in [1.54, 1.807) is 0 Å². The van der Waals surface area contributed by atoms with Crippen LogP contribution in [0.5, 0.6) is 0 Å². The number of piperidine rings is 1. The summed E-state index contributed by atoms with van der Waals surface area (Å²) in [6.07, 6.45) is 2.20. The molecule has 1 fully saturated rings. The minimum absolute atomic E-state index is 0.443. The van der Waals surface area contributed by atoms with Gasteiger partial charge in [0.2, 0.25) is 0 Å². The average molecular weight is 270 g/mol. The summed E-state index contributed by atoms with van der Waals surface area (Å²) in [6.45, 7) is 11.1. The molecule has 0 radical (unpaired) electrons. The number of aromatic nitrogens is 1. The maximum Gasteiger partial charge on any atom is 0.145 e. The number of nitrogens with one attached hydrogen (secondary N) is 1. The molecule has 2 heterocycles. The van der Waals surface area contributed by atoms with Gasteiger partial charge in [-0.3, -0.25) is 4.90 Å². The molecule has 1 N–H and O–H groups in total.